The maximum atomic E-state index is 12.9. The maximum Gasteiger partial charge on any atom is 0.172 e. The summed E-state index contributed by atoms with van der Waals surface area (Å²) in [6.07, 6.45) is 0. The monoisotopic (exact) mass is 359 g/mol. The zero-order chi connectivity index (χ0) is 14.7. The lowest BCUT2D eigenvalue weighted by molar-refractivity contribution is 0.371. The van der Waals surface area contributed by atoms with Gasteiger partial charge in [-0.2, -0.15) is 0 Å². The van der Waals surface area contributed by atoms with Crippen molar-refractivity contribution < 1.29 is 14.2 Å². The summed E-state index contributed by atoms with van der Waals surface area (Å²) in [6, 6.07) is 7.63. The minimum Gasteiger partial charge on any atom is -0.503 e. The Morgan fingerprint density at radius 2 is 2.10 bits per heavy atom. The van der Waals surface area contributed by atoms with Crippen LogP contribution in [0.1, 0.15) is 5.56 Å². The van der Waals surface area contributed by atoms with Crippen LogP contribution in [0.4, 0.5) is 10.1 Å². The maximum absolute atomic E-state index is 12.9. The predicted octanol–water partition coefficient (Wildman–Crippen LogP) is 4.57. The van der Waals surface area contributed by atoms with E-state index in [1.807, 2.05) is 0 Å². The van der Waals surface area contributed by atoms with Crippen LogP contribution in [0.2, 0.25) is 5.02 Å². The molecule has 0 amide bonds. The molecule has 0 saturated heterocycles. The number of rotatable bonds is 4. The van der Waals surface area contributed by atoms with Gasteiger partial charge in [-0.3, -0.25) is 0 Å². The SMILES string of the molecule is COc1cc(CNc2ccc(F)cc2Cl)cc(Br)c1O. The number of benzene rings is 2. The van der Waals surface area contributed by atoms with Gasteiger partial charge in [0.05, 0.1) is 22.3 Å². The second-order valence-corrected chi connectivity index (χ2v) is 5.37. The van der Waals surface area contributed by atoms with E-state index < -0.39 is 0 Å². The molecule has 0 bridgehead atoms. The molecule has 0 radical (unpaired) electrons. The molecule has 106 valence electrons. The van der Waals surface area contributed by atoms with Crippen molar-refractivity contribution in [1.29, 1.82) is 0 Å². The van der Waals surface area contributed by atoms with E-state index in [1.165, 1.54) is 19.2 Å². The number of halogens is 3. The van der Waals surface area contributed by atoms with Crippen LogP contribution in [0.15, 0.2) is 34.8 Å². The van der Waals surface area contributed by atoms with E-state index in [-0.39, 0.29) is 11.6 Å². The number of phenolic OH excluding ortho intramolecular Hbond substituents is 1. The highest BCUT2D eigenvalue weighted by Gasteiger charge is 2.09. The van der Waals surface area contributed by atoms with Crippen LogP contribution < -0.4 is 10.1 Å². The second-order valence-electron chi connectivity index (χ2n) is 4.11. The summed E-state index contributed by atoms with van der Waals surface area (Å²) in [6.45, 7) is 0.459. The molecular weight excluding hydrogens is 349 g/mol. The lowest BCUT2D eigenvalue weighted by Gasteiger charge is -2.11. The van der Waals surface area contributed by atoms with Gasteiger partial charge in [0.15, 0.2) is 11.5 Å². The quantitative estimate of drug-likeness (QED) is 0.839. The Balaban J connectivity index is 2.16. The molecule has 0 aliphatic rings. The van der Waals surface area contributed by atoms with Gasteiger partial charge < -0.3 is 15.2 Å². The van der Waals surface area contributed by atoms with Gasteiger partial charge in [-0.25, -0.2) is 4.39 Å². The van der Waals surface area contributed by atoms with Crippen LogP contribution in [0.3, 0.4) is 0 Å². The first-order chi connectivity index (χ1) is 9.51. The standard InChI is InChI=1S/C14H12BrClFNO2/c1-20-13-5-8(4-10(15)14(13)19)7-18-12-3-2-9(17)6-11(12)16/h2-6,18-19H,7H2,1H3. The summed E-state index contributed by atoms with van der Waals surface area (Å²) in [7, 11) is 1.48. The first kappa shape index (κ1) is 14.9. The Morgan fingerprint density at radius 3 is 2.75 bits per heavy atom. The molecule has 0 atom stereocenters. The fourth-order valence-electron chi connectivity index (χ4n) is 1.72. The third-order valence-electron chi connectivity index (χ3n) is 2.72. The number of phenols is 1. The summed E-state index contributed by atoms with van der Waals surface area (Å²) in [5.41, 5.74) is 1.52. The Bertz CT molecular complexity index is 637. The van der Waals surface area contributed by atoms with Crippen LogP contribution in [0.25, 0.3) is 0 Å². The minimum absolute atomic E-state index is 0.0519. The summed E-state index contributed by atoms with van der Waals surface area (Å²) in [4.78, 5) is 0. The molecule has 2 aromatic carbocycles. The van der Waals surface area contributed by atoms with Crippen LogP contribution in [0, 0.1) is 5.82 Å². The molecule has 0 aliphatic heterocycles. The average molecular weight is 361 g/mol. The fraction of sp³-hybridized carbons (Fsp3) is 0.143. The van der Waals surface area contributed by atoms with E-state index in [4.69, 9.17) is 16.3 Å². The van der Waals surface area contributed by atoms with E-state index in [2.05, 4.69) is 21.2 Å². The van der Waals surface area contributed by atoms with Crippen molar-refractivity contribution in [1.82, 2.24) is 0 Å². The molecule has 0 aliphatic carbocycles. The minimum atomic E-state index is -0.380. The molecule has 0 spiro atoms. The number of aromatic hydroxyl groups is 1. The number of ether oxygens (including phenoxy) is 1. The van der Waals surface area contributed by atoms with E-state index in [9.17, 15) is 9.50 Å². The van der Waals surface area contributed by atoms with Crippen molar-refractivity contribution >= 4 is 33.2 Å². The fourth-order valence-corrected chi connectivity index (χ4v) is 2.44. The molecular formula is C14H12BrClFNO2. The largest absolute Gasteiger partial charge is 0.503 e. The molecule has 2 rings (SSSR count). The first-order valence-corrected chi connectivity index (χ1v) is 6.92. The van der Waals surface area contributed by atoms with Gasteiger partial charge in [0.2, 0.25) is 0 Å². The highest BCUT2D eigenvalue weighted by molar-refractivity contribution is 9.10. The number of hydrogen-bond acceptors (Lipinski definition) is 3. The Labute approximate surface area is 129 Å². The van der Waals surface area contributed by atoms with Gasteiger partial charge in [-0.1, -0.05) is 11.6 Å². The Kier molecular flexibility index (Phi) is 4.73. The van der Waals surface area contributed by atoms with Gasteiger partial charge in [0.25, 0.3) is 0 Å². The predicted molar refractivity (Wildman–Crippen MR) is 81.1 cm³/mol. The lowest BCUT2D eigenvalue weighted by atomic mass is 10.2. The van der Waals surface area contributed by atoms with Gasteiger partial charge in [-0.05, 0) is 51.8 Å². The number of nitrogens with one attached hydrogen (secondary N) is 1. The second kappa shape index (κ2) is 6.33. The summed E-state index contributed by atoms with van der Waals surface area (Å²) in [5.74, 6) is 0.0482. The number of hydrogen-bond donors (Lipinski definition) is 2. The van der Waals surface area contributed by atoms with Crippen molar-refractivity contribution in [2.45, 2.75) is 6.54 Å². The molecule has 2 N–H and O–H groups in total. The van der Waals surface area contributed by atoms with Crippen molar-refractivity contribution in [3.63, 3.8) is 0 Å². The van der Waals surface area contributed by atoms with E-state index >= 15 is 0 Å². The van der Waals surface area contributed by atoms with Crippen LogP contribution in [-0.4, -0.2) is 12.2 Å². The van der Waals surface area contributed by atoms with Crippen LogP contribution in [-0.2, 0) is 6.54 Å². The number of methoxy groups -OCH3 is 1. The normalized spacial score (nSPS) is 10.4. The van der Waals surface area contributed by atoms with E-state index in [0.717, 1.165) is 5.56 Å². The lowest BCUT2D eigenvalue weighted by Crippen LogP contribution is -2.01. The van der Waals surface area contributed by atoms with Gasteiger partial charge in [0.1, 0.15) is 5.82 Å². The average Bonchev–Trinajstić information content (AvgIpc) is 2.41. The van der Waals surface area contributed by atoms with E-state index in [1.54, 1.807) is 18.2 Å². The zero-order valence-electron chi connectivity index (χ0n) is 10.6. The Morgan fingerprint density at radius 1 is 1.35 bits per heavy atom. The third-order valence-corrected chi connectivity index (χ3v) is 3.64. The molecule has 0 heterocycles. The molecule has 20 heavy (non-hydrogen) atoms. The molecule has 2 aromatic rings. The molecule has 0 fully saturated rings. The zero-order valence-corrected chi connectivity index (χ0v) is 12.9. The highest BCUT2D eigenvalue weighted by Crippen LogP contribution is 2.35. The summed E-state index contributed by atoms with van der Waals surface area (Å²) < 4.78 is 18.6. The van der Waals surface area contributed by atoms with Gasteiger partial charge in [-0.15, -0.1) is 0 Å². The van der Waals surface area contributed by atoms with Crippen LogP contribution in [0.5, 0.6) is 11.5 Å². The highest BCUT2D eigenvalue weighted by atomic mass is 79.9. The first-order valence-electron chi connectivity index (χ1n) is 5.75. The van der Waals surface area contributed by atoms with Gasteiger partial charge in [0, 0.05) is 6.54 Å². The van der Waals surface area contributed by atoms with Crippen LogP contribution >= 0.6 is 27.5 Å². The summed E-state index contributed by atoms with van der Waals surface area (Å²) >= 11 is 9.19. The molecule has 0 aromatic heterocycles. The molecule has 6 heteroatoms. The summed E-state index contributed by atoms with van der Waals surface area (Å²) in [5, 5.41) is 13.1. The van der Waals surface area contributed by atoms with E-state index in [0.29, 0.717) is 27.5 Å². The van der Waals surface area contributed by atoms with Crippen molar-refractivity contribution in [2.24, 2.45) is 0 Å². The topological polar surface area (TPSA) is 41.5 Å². The number of anilines is 1. The smallest absolute Gasteiger partial charge is 0.172 e. The molecule has 3 nitrogen and oxygen atoms in total. The van der Waals surface area contributed by atoms with Gasteiger partial charge >= 0.3 is 0 Å². The third kappa shape index (κ3) is 3.35. The molecule has 0 saturated carbocycles. The molecule has 0 unspecified atom stereocenters. The Hall–Kier alpha value is -1.46. The van der Waals surface area contributed by atoms with Crippen molar-refractivity contribution in [2.75, 3.05) is 12.4 Å². The van der Waals surface area contributed by atoms with Crippen molar-refractivity contribution in [3.05, 3.63) is 51.2 Å². The van der Waals surface area contributed by atoms with Crippen molar-refractivity contribution in [3.8, 4) is 11.5 Å².